The van der Waals surface area contributed by atoms with Crippen molar-refractivity contribution in [3.05, 3.63) is 141 Å². The minimum atomic E-state index is -4.10. The second-order valence-corrected chi connectivity index (χ2v) is 16.4. The Kier molecular flexibility index (Phi) is 9.24. The maximum atomic E-state index is 14.5. The Hall–Kier alpha value is -4.41. The van der Waals surface area contributed by atoms with Crippen molar-refractivity contribution in [3.63, 3.8) is 0 Å². The summed E-state index contributed by atoms with van der Waals surface area (Å²) in [6, 6.07) is 24.3. The van der Waals surface area contributed by atoms with Crippen LogP contribution in [0.2, 0.25) is 10.0 Å². The van der Waals surface area contributed by atoms with Gasteiger partial charge in [0.25, 0.3) is 0 Å². The van der Waals surface area contributed by atoms with Crippen LogP contribution < -0.4 is 0 Å². The Morgan fingerprint density at radius 1 is 0.604 bits per heavy atom. The largest absolute Gasteiger partial charge is 0.351 e. The Morgan fingerprint density at radius 2 is 0.979 bits per heavy atom. The predicted molar refractivity (Wildman–Crippen MR) is 195 cm³/mol. The predicted octanol–water partition coefficient (Wildman–Crippen LogP) is 8.78. The first kappa shape index (κ1) is 33.5. The Labute approximate surface area is 288 Å². The van der Waals surface area contributed by atoms with Crippen LogP contribution in [0.15, 0.2) is 107 Å². The van der Waals surface area contributed by atoms with Gasteiger partial charge in [-0.15, -0.1) is 0 Å². The van der Waals surface area contributed by atoms with Crippen LogP contribution in [0.4, 0.5) is 0 Å². The molecule has 2 heterocycles. The van der Waals surface area contributed by atoms with E-state index in [9.17, 15) is 21.6 Å². The summed E-state index contributed by atoms with van der Waals surface area (Å²) in [6.07, 6.45) is 6.35. The number of sulfone groups is 2. The lowest BCUT2D eigenvalue weighted by Crippen LogP contribution is -2.15. The molecule has 244 valence electrons. The van der Waals surface area contributed by atoms with Gasteiger partial charge in [-0.3, -0.25) is 4.79 Å². The number of aryl methyl sites for hydroxylation is 2. The molecule has 6 rings (SSSR count). The van der Waals surface area contributed by atoms with Crippen molar-refractivity contribution in [3.8, 4) is 0 Å². The van der Waals surface area contributed by atoms with Crippen LogP contribution in [0.1, 0.15) is 38.4 Å². The van der Waals surface area contributed by atoms with Crippen molar-refractivity contribution in [1.82, 2.24) is 9.97 Å². The lowest BCUT2D eigenvalue weighted by Gasteiger charge is -2.07. The molecule has 0 aliphatic heterocycles. The molecule has 2 N–H and O–H groups in total. The SMILES string of the molecule is Cc1ccc2[nH]c(C(=O)c3[nH]c4ccc(C)cc4c3S(=O)(=O)CC=Cc3ccc(Cl)cc3)c(S(=O)(=O)CC=Cc3ccc(Cl)cc3)c2c1. The highest BCUT2D eigenvalue weighted by atomic mass is 35.5. The standard InChI is InChI=1S/C37H30Cl2N2O5S2/c1-23-7-17-31-29(21-23)36(47(43,44)19-3-5-25-9-13-27(38)14-10-25)33(40-31)35(42)34-37(30-22-24(2)8-18-32(30)41-34)48(45,46)20-4-6-26-11-15-28(39)16-12-26/h3-18,21-22,40-41H,19-20H2,1-2H3. The lowest BCUT2D eigenvalue weighted by molar-refractivity contribution is 0.102. The third kappa shape index (κ3) is 6.91. The number of aromatic amines is 2. The second-order valence-electron chi connectivity index (χ2n) is 11.6. The van der Waals surface area contributed by atoms with E-state index < -0.39 is 37.0 Å². The summed E-state index contributed by atoms with van der Waals surface area (Å²) in [5.74, 6) is -1.58. The number of halogens is 2. The number of fused-ring (bicyclic) bond motifs is 2. The van der Waals surface area contributed by atoms with Gasteiger partial charge in [0.05, 0.1) is 11.5 Å². The fourth-order valence-electron chi connectivity index (χ4n) is 5.59. The van der Waals surface area contributed by atoms with Gasteiger partial charge in [0.15, 0.2) is 19.7 Å². The van der Waals surface area contributed by atoms with E-state index in [-0.39, 0.29) is 21.2 Å². The molecule has 48 heavy (non-hydrogen) atoms. The quantitative estimate of drug-likeness (QED) is 0.138. The smallest absolute Gasteiger partial charge is 0.228 e. The molecule has 0 fully saturated rings. The zero-order valence-electron chi connectivity index (χ0n) is 25.9. The summed E-state index contributed by atoms with van der Waals surface area (Å²) in [5, 5.41) is 1.81. The van der Waals surface area contributed by atoms with E-state index in [0.717, 1.165) is 22.3 Å². The Bertz CT molecular complexity index is 2300. The number of hydrogen-bond donors (Lipinski definition) is 2. The zero-order chi connectivity index (χ0) is 34.2. The van der Waals surface area contributed by atoms with Gasteiger partial charge in [-0.05, 0) is 73.5 Å². The molecular weight excluding hydrogens is 687 g/mol. The maximum Gasteiger partial charge on any atom is 0.228 e. The molecule has 0 amide bonds. The van der Waals surface area contributed by atoms with Crippen molar-refractivity contribution < 1.29 is 21.6 Å². The molecule has 0 bridgehead atoms. The average Bonchev–Trinajstić information content (AvgIpc) is 3.62. The van der Waals surface area contributed by atoms with Gasteiger partial charge >= 0.3 is 0 Å². The lowest BCUT2D eigenvalue weighted by atomic mass is 10.1. The average molecular weight is 718 g/mol. The van der Waals surface area contributed by atoms with Crippen LogP contribution in [0.25, 0.3) is 34.0 Å². The van der Waals surface area contributed by atoms with E-state index in [1.54, 1.807) is 97.1 Å². The van der Waals surface area contributed by atoms with E-state index in [1.807, 2.05) is 13.8 Å². The van der Waals surface area contributed by atoms with Gasteiger partial charge in [0, 0.05) is 31.9 Å². The molecule has 4 aromatic carbocycles. The zero-order valence-corrected chi connectivity index (χ0v) is 29.1. The van der Waals surface area contributed by atoms with Crippen LogP contribution in [0, 0.1) is 13.8 Å². The van der Waals surface area contributed by atoms with Gasteiger partial charge in [-0.2, -0.15) is 0 Å². The minimum absolute atomic E-state index is 0.187. The highest BCUT2D eigenvalue weighted by Crippen LogP contribution is 2.35. The summed E-state index contributed by atoms with van der Waals surface area (Å²) < 4.78 is 56.1. The van der Waals surface area contributed by atoms with E-state index in [4.69, 9.17) is 23.2 Å². The Morgan fingerprint density at radius 3 is 1.35 bits per heavy atom. The second kappa shape index (κ2) is 13.2. The van der Waals surface area contributed by atoms with Crippen molar-refractivity contribution in [2.75, 3.05) is 11.5 Å². The molecule has 0 unspecified atom stereocenters. The van der Waals surface area contributed by atoms with Crippen molar-refractivity contribution >= 4 is 82.6 Å². The van der Waals surface area contributed by atoms with E-state index in [1.165, 1.54) is 12.2 Å². The normalized spacial score (nSPS) is 12.6. The minimum Gasteiger partial charge on any atom is -0.351 e. The molecular formula is C37H30Cl2N2O5S2. The molecule has 2 aromatic heterocycles. The van der Waals surface area contributed by atoms with Gasteiger partial charge in [0.2, 0.25) is 5.78 Å². The summed E-state index contributed by atoms with van der Waals surface area (Å²) in [7, 11) is -8.21. The molecule has 0 spiro atoms. The number of carbonyl (C=O) groups excluding carboxylic acids is 1. The number of benzene rings is 4. The number of carbonyl (C=O) groups is 1. The highest BCUT2D eigenvalue weighted by molar-refractivity contribution is 7.92. The molecule has 0 aliphatic rings. The summed E-state index contributed by atoms with van der Waals surface area (Å²) in [6.45, 7) is 3.65. The highest BCUT2D eigenvalue weighted by Gasteiger charge is 2.33. The number of hydrogen-bond acceptors (Lipinski definition) is 5. The van der Waals surface area contributed by atoms with Crippen LogP contribution in [0.3, 0.4) is 0 Å². The number of rotatable bonds is 10. The molecule has 0 saturated carbocycles. The van der Waals surface area contributed by atoms with Crippen LogP contribution in [-0.2, 0) is 19.7 Å². The fourth-order valence-corrected chi connectivity index (χ4v) is 8.79. The van der Waals surface area contributed by atoms with E-state index in [0.29, 0.717) is 31.9 Å². The first-order chi connectivity index (χ1) is 22.8. The molecule has 0 saturated heterocycles. The maximum absolute atomic E-state index is 14.5. The first-order valence-corrected chi connectivity index (χ1v) is 19.0. The Balaban J connectivity index is 1.45. The number of ketones is 1. The fraction of sp³-hybridized carbons (Fsp3) is 0.108. The molecule has 7 nitrogen and oxygen atoms in total. The molecule has 6 aromatic rings. The van der Waals surface area contributed by atoms with Gasteiger partial charge in [-0.1, -0.05) is 95.0 Å². The number of aromatic nitrogens is 2. The van der Waals surface area contributed by atoms with E-state index in [2.05, 4.69) is 9.97 Å². The van der Waals surface area contributed by atoms with Crippen molar-refractivity contribution in [2.45, 2.75) is 23.6 Å². The van der Waals surface area contributed by atoms with Crippen molar-refractivity contribution in [2.24, 2.45) is 0 Å². The van der Waals surface area contributed by atoms with Gasteiger partial charge < -0.3 is 9.97 Å². The molecule has 11 heteroatoms. The van der Waals surface area contributed by atoms with Crippen LogP contribution in [0.5, 0.6) is 0 Å². The van der Waals surface area contributed by atoms with Crippen LogP contribution in [-0.4, -0.2) is 44.1 Å². The van der Waals surface area contributed by atoms with Gasteiger partial charge in [0.1, 0.15) is 21.2 Å². The first-order valence-electron chi connectivity index (χ1n) is 14.9. The topological polar surface area (TPSA) is 117 Å². The number of H-pyrrole nitrogens is 2. The van der Waals surface area contributed by atoms with Gasteiger partial charge in [-0.25, -0.2) is 16.8 Å². The third-order valence-corrected chi connectivity index (χ3v) is 11.7. The summed E-state index contributed by atoms with van der Waals surface area (Å²) in [5.41, 5.74) is 3.55. The van der Waals surface area contributed by atoms with E-state index >= 15 is 0 Å². The summed E-state index contributed by atoms with van der Waals surface area (Å²) in [4.78, 5) is 20.1. The monoisotopic (exact) mass is 716 g/mol. The third-order valence-electron chi connectivity index (χ3n) is 7.88. The molecule has 0 radical (unpaired) electrons. The molecule has 0 aliphatic carbocycles. The number of nitrogens with one attached hydrogen (secondary N) is 2. The van der Waals surface area contributed by atoms with Crippen molar-refractivity contribution in [1.29, 1.82) is 0 Å². The summed E-state index contributed by atoms with van der Waals surface area (Å²) >= 11 is 12.0. The molecule has 0 atom stereocenters. The van der Waals surface area contributed by atoms with Crippen LogP contribution >= 0.6 is 23.2 Å².